The number of urea groups is 1. The average Bonchev–Trinajstić information content (AvgIpc) is 2.74. The Morgan fingerprint density at radius 2 is 1.57 bits per heavy atom. The van der Waals surface area contributed by atoms with Crippen LogP contribution in [0.25, 0.3) is 11.3 Å². The highest BCUT2D eigenvalue weighted by atomic mass is 19.1. The molecule has 0 spiro atoms. The van der Waals surface area contributed by atoms with E-state index in [2.05, 4.69) is 26.5 Å². The molecule has 0 radical (unpaired) electrons. The number of piperazine rings is 1. The van der Waals surface area contributed by atoms with Crippen molar-refractivity contribution in [1.82, 2.24) is 15.1 Å². The molecule has 3 aromatic rings. The molecule has 1 fully saturated rings. The minimum absolute atomic E-state index is 0.0857. The van der Waals surface area contributed by atoms with Crippen molar-refractivity contribution in [3.05, 3.63) is 71.5 Å². The number of aryl methyl sites for hydroxylation is 2. The van der Waals surface area contributed by atoms with E-state index in [-0.39, 0.29) is 11.8 Å². The predicted octanol–water partition coefficient (Wildman–Crippen LogP) is 4.25. The number of amides is 2. The summed E-state index contributed by atoms with van der Waals surface area (Å²) in [6.07, 6.45) is 0. The zero-order valence-electron chi connectivity index (χ0n) is 17.1. The molecule has 154 valence electrons. The van der Waals surface area contributed by atoms with Gasteiger partial charge in [-0.25, -0.2) is 9.18 Å². The Balaban J connectivity index is 1.34. The number of nitrogens with zero attached hydrogens (tertiary/aromatic N) is 4. The number of anilines is 2. The number of hydrogen-bond donors (Lipinski definition) is 1. The van der Waals surface area contributed by atoms with Crippen molar-refractivity contribution < 1.29 is 9.18 Å². The molecule has 2 heterocycles. The fourth-order valence-electron chi connectivity index (χ4n) is 3.66. The van der Waals surface area contributed by atoms with Crippen molar-refractivity contribution in [3.8, 4) is 11.3 Å². The molecular formula is C23H24FN5O. The zero-order valence-corrected chi connectivity index (χ0v) is 17.1. The van der Waals surface area contributed by atoms with Crippen LogP contribution >= 0.6 is 0 Å². The molecule has 1 saturated heterocycles. The van der Waals surface area contributed by atoms with E-state index < -0.39 is 0 Å². The van der Waals surface area contributed by atoms with Gasteiger partial charge in [-0.2, -0.15) is 0 Å². The first-order valence-electron chi connectivity index (χ1n) is 9.97. The van der Waals surface area contributed by atoms with Crippen molar-refractivity contribution in [2.24, 2.45) is 0 Å². The molecule has 1 aromatic heterocycles. The maximum absolute atomic E-state index is 13.1. The van der Waals surface area contributed by atoms with E-state index >= 15 is 0 Å². The summed E-state index contributed by atoms with van der Waals surface area (Å²) in [5, 5.41) is 11.6. The van der Waals surface area contributed by atoms with Gasteiger partial charge in [0.25, 0.3) is 0 Å². The molecule has 0 saturated carbocycles. The van der Waals surface area contributed by atoms with Gasteiger partial charge < -0.3 is 15.1 Å². The average molecular weight is 405 g/mol. The summed E-state index contributed by atoms with van der Waals surface area (Å²) in [5.74, 6) is 0.498. The summed E-state index contributed by atoms with van der Waals surface area (Å²) >= 11 is 0. The molecule has 1 aliphatic rings. The summed E-state index contributed by atoms with van der Waals surface area (Å²) in [7, 11) is 0. The summed E-state index contributed by atoms with van der Waals surface area (Å²) in [5.41, 5.74) is 4.59. The van der Waals surface area contributed by atoms with Crippen LogP contribution < -0.4 is 10.2 Å². The van der Waals surface area contributed by atoms with E-state index in [4.69, 9.17) is 0 Å². The largest absolute Gasteiger partial charge is 0.352 e. The zero-order chi connectivity index (χ0) is 21.1. The van der Waals surface area contributed by atoms with Crippen molar-refractivity contribution in [2.75, 3.05) is 36.4 Å². The normalized spacial score (nSPS) is 14.0. The van der Waals surface area contributed by atoms with Gasteiger partial charge in [-0.05, 0) is 73.5 Å². The summed E-state index contributed by atoms with van der Waals surface area (Å²) in [4.78, 5) is 16.5. The van der Waals surface area contributed by atoms with Gasteiger partial charge in [-0.1, -0.05) is 6.07 Å². The molecule has 7 heteroatoms. The highest BCUT2D eigenvalue weighted by molar-refractivity contribution is 5.89. The number of aromatic nitrogens is 2. The van der Waals surface area contributed by atoms with Crippen LogP contribution in [0.4, 0.5) is 20.7 Å². The fraction of sp³-hybridized carbons (Fsp3) is 0.261. The minimum atomic E-state index is -0.275. The third-order valence-electron chi connectivity index (χ3n) is 5.15. The maximum Gasteiger partial charge on any atom is 0.321 e. The van der Waals surface area contributed by atoms with E-state index in [0.29, 0.717) is 31.9 Å². The van der Waals surface area contributed by atoms with Crippen LogP contribution in [0.1, 0.15) is 11.1 Å². The Morgan fingerprint density at radius 3 is 2.17 bits per heavy atom. The fourth-order valence-corrected chi connectivity index (χ4v) is 3.66. The second-order valence-corrected chi connectivity index (χ2v) is 7.56. The number of carbonyl (C=O) groups is 1. The number of hydrogen-bond acceptors (Lipinski definition) is 4. The number of rotatable bonds is 3. The molecule has 0 atom stereocenters. The number of halogens is 1. The van der Waals surface area contributed by atoms with Gasteiger partial charge in [0, 0.05) is 37.4 Å². The standard InChI is InChI=1S/C23H24FN5O/c1-16-13-17(2)15-20(14-16)25-23(30)29-11-9-28(10-12-29)22-8-7-21(26-27-22)18-3-5-19(24)6-4-18/h3-8,13-15H,9-12H2,1-2H3,(H,25,30). The van der Waals surface area contributed by atoms with Crippen molar-refractivity contribution >= 4 is 17.5 Å². The van der Waals surface area contributed by atoms with E-state index in [0.717, 1.165) is 28.2 Å². The van der Waals surface area contributed by atoms with Crippen molar-refractivity contribution in [3.63, 3.8) is 0 Å². The van der Waals surface area contributed by atoms with Crippen LogP contribution in [0.2, 0.25) is 0 Å². The minimum Gasteiger partial charge on any atom is -0.352 e. The Labute approximate surface area is 175 Å². The molecule has 1 N–H and O–H groups in total. The predicted molar refractivity (Wildman–Crippen MR) is 116 cm³/mol. The monoisotopic (exact) mass is 405 g/mol. The lowest BCUT2D eigenvalue weighted by Gasteiger charge is -2.35. The Bertz CT molecular complexity index is 1010. The van der Waals surface area contributed by atoms with Gasteiger partial charge >= 0.3 is 6.03 Å². The van der Waals surface area contributed by atoms with Gasteiger partial charge in [0.1, 0.15) is 5.82 Å². The molecular weight excluding hydrogens is 381 g/mol. The Kier molecular flexibility index (Phi) is 5.61. The molecule has 0 aliphatic carbocycles. The second kappa shape index (κ2) is 8.49. The molecule has 2 amide bonds. The molecule has 0 bridgehead atoms. The van der Waals surface area contributed by atoms with Crippen molar-refractivity contribution in [2.45, 2.75) is 13.8 Å². The lowest BCUT2D eigenvalue weighted by Crippen LogP contribution is -2.50. The van der Waals surface area contributed by atoms with Crippen LogP contribution in [0.15, 0.2) is 54.6 Å². The number of carbonyl (C=O) groups excluding carboxylic acids is 1. The smallest absolute Gasteiger partial charge is 0.321 e. The number of benzene rings is 2. The first-order valence-corrected chi connectivity index (χ1v) is 9.97. The molecule has 1 aliphatic heterocycles. The van der Waals surface area contributed by atoms with Gasteiger partial charge in [0.05, 0.1) is 5.69 Å². The van der Waals surface area contributed by atoms with Crippen LogP contribution in [-0.2, 0) is 0 Å². The first kappa shape index (κ1) is 19.8. The van der Waals surface area contributed by atoms with Crippen LogP contribution in [0.3, 0.4) is 0 Å². The third-order valence-corrected chi connectivity index (χ3v) is 5.15. The van der Waals surface area contributed by atoms with E-state index in [1.165, 1.54) is 12.1 Å². The molecule has 30 heavy (non-hydrogen) atoms. The third kappa shape index (κ3) is 4.56. The summed E-state index contributed by atoms with van der Waals surface area (Å²) in [6, 6.07) is 15.9. The first-order chi connectivity index (χ1) is 14.5. The number of nitrogens with one attached hydrogen (secondary N) is 1. The van der Waals surface area contributed by atoms with Gasteiger partial charge in [-0.3, -0.25) is 0 Å². The Hall–Kier alpha value is -3.48. The highest BCUT2D eigenvalue weighted by Gasteiger charge is 2.22. The van der Waals surface area contributed by atoms with Crippen LogP contribution in [0.5, 0.6) is 0 Å². The van der Waals surface area contributed by atoms with Crippen LogP contribution in [0, 0.1) is 19.7 Å². The van der Waals surface area contributed by atoms with Crippen LogP contribution in [-0.4, -0.2) is 47.3 Å². The Morgan fingerprint density at radius 1 is 0.900 bits per heavy atom. The van der Waals surface area contributed by atoms with E-state index in [1.807, 2.05) is 43.0 Å². The van der Waals surface area contributed by atoms with Crippen molar-refractivity contribution in [1.29, 1.82) is 0 Å². The molecule has 0 unspecified atom stereocenters. The van der Waals surface area contributed by atoms with E-state index in [1.54, 1.807) is 12.1 Å². The highest BCUT2D eigenvalue weighted by Crippen LogP contribution is 2.20. The summed E-state index contributed by atoms with van der Waals surface area (Å²) < 4.78 is 13.1. The molecule has 6 nitrogen and oxygen atoms in total. The SMILES string of the molecule is Cc1cc(C)cc(NC(=O)N2CCN(c3ccc(-c4ccc(F)cc4)nn3)CC2)c1. The lowest BCUT2D eigenvalue weighted by molar-refractivity contribution is 0.208. The quantitative estimate of drug-likeness (QED) is 0.708. The molecule has 2 aromatic carbocycles. The summed E-state index contributed by atoms with van der Waals surface area (Å²) in [6.45, 7) is 6.62. The molecule has 4 rings (SSSR count). The second-order valence-electron chi connectivity index (χ2n) is 7.56. The maximum atomic E-state index is 13.1. The van der Waals surface area contributed by atoms with Gasteiger partial charge in [-0.15, -0.1) is 10.2 Å². The topological polar surface area (TPSA) is 61.4 Å². The van der Waals surface area contributed by atoms with Gasteiger partial charge in [0.15, 0.2) is 5.82 Å². The van der Waals surface area contributed by atoms with E-state index in [9.17, 15) is 9.18 Å². The lowest BCUT2D eigenvalue weighted by atomic mass is 10.1. The van der Waals surface area contributed by atoms with Gasteiger partial charge in [0.2, 0.25) is 0 Å².